The van der Waals surface area contributed by atoms with E-state index in [1.807, 2.05) is 41.8 Å². The van der Waals surface area contributed by atoms with Gasteiger partial charge in [0.05, 0.1) is 11.9 Å². The molecule has 0 radical (unpaired) electrons. The van der Waals surface area contributed by atoms with Gasteiger partial charge in [-0.1, -0.05) is 0 Å². The summed E-state index contributed by atoms with van der Waals surface area (Å²) in [4.78, 5) is 30.1. The highest BCUT2D eigenvalue weighted by molar-refractivity contribution is 5.96. The predicted octanol–water partition coefficient (Wildman–Crippen LogP) is 2.02. The maximum absolute atomic E-state index is 12.9. The number of imidazole rings is 1. The second-order valence-electron chi connectivity index (χ2n) is 6.71. The molecule has 4 rings (SSSR count). The van der Waals surface area contributed by atoms with Gasteiger partial charge in [0.2, 0.25) is 0 Å². The average molecular weight is 350 g/mol. The molecule has 1 aliphatic rings. The summed E-state index contributed by atoms with van der Waals surface area (Å²) >= 11 is 0. The van der Waals surface area contributed by atoms with E-state index in [0.717, 1.165) is 42.9 Å². The molecule has 0 unspecified atom stereocenters. The number of hydrogen-bond acceptors (Lipinski definition) is 5. The first-order chi connectivity index (χ1) is 12.6. The summed E-state index contributed by atoms with van der Waals surface area (Å²) in [7, 11) is 1.90. The molecule has 1 saturated heterocycles. The molecule has 1 amide bonds. The van der Waals surface area contributed by atoms with Gasteiger partial charge in [0.15, 0.2) is 5.65 Å². The van der Waals surface area contributed by atoms with Crippen molar-refractivity contribution in [2.45, 2.75) is 13.3 Å². The van der Waals surface area contributed by atoms with Crippen LogP contribution < -0.4 is 4.90 Å². The van der Waals surface area contributed by atoms with E-state index in [0.29, 0.717) is 12.1 Å². The van der Waals surface area contributed by atoms with Gasteiger partial charge >= 0.3 is 0 Å². The number of carbonyl (C=O) groups excluding carboxylic acids is 1. The van der Waals surface area contributed by atoms with Crippen LogP contribution in [0.5, 0.6) is 0 Å². The van der Waals surface area contributed by atoms with E-state index >= 15 is 0 Å². The Bertz CT molecular complexity index is 950. The fourth-order valence-corrected chi connectivity index (χ4v) is 3.42. The number of aryl methyl sites for hydroxylation is 2. The van der Waals surface area contributed by atoms with E-state index in [9.17, 15) is 4.79 Å². The highest BCUT2D eigenvalue weighted by Crippen LogP contribution is 2.18. The van der Waals surface area contributed by atoms with Gasteiger partial charge in [0, 0.05) is 57.0 Å². The van der Waals surface area contributed by atoms with Gasteiger partial charge in [-0.05, 0) is 31.5 Å². The Morgan fingerprint density at radius 1 is 1.08 bits per heavy atom. The van der Waals surface area contributed by atoms with Gasteiger partial charge in [-0.25, -0.2) is 9.97 Å². The van der Waals surface area contributed by atoms with Crippen LogP contribution in [0.2, 0.25) is 0 Å². The van der Waals surface area contributed by atoms with E-state index in [1.165, 1.54) is 5.69 Å². The van der Waals surface area contributed by atoms with Crippen molar-refractivity contribution >= 4 is 22.8 Å². The number of amides is 1. The van der Waals surface area contributed by atoms with Gasteiger partial charge < -0.3 is 14.4 Å². The molecular weight excluding hydrogens is 328 g/mol. The molecule has 3 aromatic heterocycles. The van der Waals surface area contributed by atoms with Crippen LogP contribution in [-0.4, -0.2) is 56.5 Å². The largest absolute Gasteiger partial charge is 0.370 e. The number of anilines is 1. The zero-order chi connectivity index (χ0) is 18.1. The monoisotopic (exact) mass is 350 g/mol. The number of carbonyl (C=O) groups is 1. The molecule has 7 nitrogen and oxygen atoms in total. The molecule has 0 N–H and O–H groups in total. The first-order valence-electron chi connectivity index (χ1n) is 8.86. The molecule has 0 aromatic carbocycles. The maximum Gasteiger partial charge on any atom is 0.255 e. The zero-order valence-electron chi connectivity index (χ0n) is 15.1. The lowest BCUT2D eigenvalue weighted by Gasteiger charge is -2.24. The number of fused-ring (bicyclic) bond motifs is 1. The Labute approximate surface area is 152 Å². The highest BCUT2D eigenvalue weighted by Gasteiger charge is 2.21. The molecule has 26 heavy (non-hydrogen) atoms. The zero-order valence-corrected chi connectivity index (χ0v) is 15.1. The van der Waals surface area contributed by atoms with Gasteiger partial charge in [-0.15, -0.1) is 0 Å². The topological polar surface area (TPSA) is 67.2 Å². The van der Waals surface area contributed by atoms with E-state index in [-0.39, 0.29) is 5.91 Å². The van der Waals surface area contributed by atoms with Crippen LogP contribution in [0.25, 0.3) is 11.2 Å². The molecule has 0 saturated carbocycles. The van der Waals surface area contributed by atoms with Crippen molar-refractivity contribution in [2.75, 3.05) is 31.1 Å². The lowest BCUT2D eigenvalue weighted by atomic mass is 10.2. The summed E-state index contributed by atoms with van der Waals surface area (Å²) in [5.74, 6) is 0.0258. The van der Waals surface area contributed by atoms with E-state index in [2.05, 4.69) is 25.9 Å². The maximum atomic E-state index is 12.9. The lowest BCUT2D eigenvalue weighted by molar-refractivity contribution is 0.0767. The van der Waals surface area contributed by atoms with Gasteiger partial charge in [0.1, 0.15) is 5.52 Å². The summed E-state index contributed by atoms with van der Waals surface area (Å²) in [5, 5.41) is 0. The van der Waals surface area contributed by atoms with Crippen molar-refractivity contribution < 1.29 is 4.79 Å². The quantitative estimate of drug-likeness (QED) is 0.707. The third-order valence-electron chi connectivity index (χ3n) is 4.83. The van der Waals surface area contributed by atoms with Crippen molar-refractivity contribution in [1.29, 1.82) is 0 Å². The summed E-state index contributed by atoms with van der Waals surface area (Å²) in [6, 6.07) is 5.96. The second-order valence-corrected chi connectivity index (χ2v) is 6.71. The normalized spacial score (nSPS) is 15.3. The smallest absolute Gasteiger partial charge is 0.255 e. The lowest BCUT2D eigenvalue weighted by Crippen LogP contribution is -2.35. The fraction of sp³-hybridized carbons (Fsp3) is 0.368. The first-order valence-corrected chi connectivity index (χ1v) is 8.86. The molecule has 4 heterocycles. The van der Waals surface area contributed by atoms with Crippen molar-refractivity contribution in [3.63, 3.8) is 0 Å². The van der Waals surface area contributed by atoms with Crippen LogP contribution in [0, 0.1) is 6.92 Å². The number of hydrogen-bond donors (Lipinski definition) is 0. The van der Waals surface area contributed by atoms with Crippen LogP contribution in [0.4, 0.5) is 5.69 Å². The third kappa shape index (κ3) is 3.12. The minimum Gasteiger partial charge on any atom is -0.370 e. The third-order valence-corrected chi connectivity index (χ3v) is 4.83. The predicted molar refractivity (Wildman–Crippen MR) is 100 cm³/mol. The Morgan fingerprint density at radius 3 is 2.81 bits per heavy atom. The molecule has 0 atom stereocenters. The summed E-state index contributed by atoms with van der Waals surface area (Å²) in [6.07, 6.45) is 6.15. The number of pyridine rings is 2. The summed E-state index contributed by atoms with van der Waals surface area (Å²) in [5.41, 5.74) is 4.32. The van der Waals surface area contributed by atoms with Gasteiger partial charge in [-0.3, -0.25) is 9.78 Å². The molecule has 3 aromatic rings. The van der Waals surface area contributed by atoms with Gasteiger partial charge in [-0.2, -0.15) is 0 Å². The standard InChI is InChI=1S/C19H22N6O/c1-14-10-16(4-5-20-14)24-6-3-7-25(9-8-24)19(26)15-11-17-18(21-12-15)23(2)13-22-17/h4-5,10-13H,3,6-9H2,1-2H3. The van der Waals surface area contributed by atoms with Crippen LogP contribution in [-0.2, 0) is 7.05 Å². The van der Waals surface area contributed by atoms with Gasteiger partial charge in [0.25, 0.3) is 5.91 Å². The Kier molecular flexibility index (Phi) is 4.28. The highest BCUT2D eigenvalue weighted by atomic mass is 16.2. The summed E-state index contributed by atoms with van der Waals surface area (Å²) < 4.78 is 1.85. The van der Waals surface area contributed by atoms with Crippen molar-refractivity contribution in [3.8, 4) is 0 Å². The van der Waals surface area contributed by atoms with E-state index in [4.69, 9.17) is 0 Å². The Hall–Kier alpha value is -2.96. The van der Waals surface area contributed by atoms with Crippen molar-refractivity contribution in [1.82, 2.24) is 24.4 Å². The molecule has 7 heteroatoms. The van der Waals surface area contributed by atoms with Crippen molar-refractivity contribution in [3.05, 3.63) is 48.2 Å². The molecule has 0 bridgehead atoms. The van der Waals surface area contributed by atoms with E-state index in [1.54, 1.807) is 12.5 Å². The number of aromatic nitrogens is 4. The molecular formula is C19H22N6O. The van der Waals surface area contributed by atoms with Crippen LogP contribution in [0.3, 0.4) is 0 Å². The Balaban J connectivity index is 1.50. The molecule has 0 spiro atoms. The minimum atomic E-state index is 0.0258. The van der Waals surface area contributed by atoms with E-state index < -0.39 is 0 Å². The molecule has 1 aliphatic heterocycles. The number of nitrogens with zero attached hydrogens (tertiary/aromatic N) is 6. The summed E-state index contributed by atoms with van der Waals surface area (Å²) in [6.45, 7) is 5.19. The Morgan fingerprint density at radius 2 is 1.96 bits per heavy atom. The fourth-order valence-electron chi connectivity index (χ4n) is 3.42. The SMILES string of the molecule is Cc1cc(N2CCCN(C(=O)c3cnc4c(c3)ncn4C)CC2)ccn1. The first kappa shape index (κ1) is 16.5. The minimum absolute atomic E-state index is 0.0258. The molecule has 0 aliphatic carbocycles. The van der Waals surface area contributed by atoms with Crippen LogP contribution in [0.15, 0.2) is 36.9 Å². The second kappa shape index (κ2) is 6.74. The molecule has 1 fully saturated rings. The van der Waals surface area contributed by atoms with Crippen LogP contribution >= 0.6 is 0 Å². The van der Waals surface area contributed by atoms with Crippen molar-refractivity contribution in [2.24, 2.45) is 7.05 Å². The average Bonchev–Trinajstić information content (AvgIpc) is 2.87. The number of rotatable bonds is 2. The molecule has 134 valence electrons. The van der Waals surface area contributed by atoms with Crippen LogP contribution in [0.1, 0.15) is 22.5 Å².